The van der Waals surface area contributed by atoms with E-state index in [4.69, 9.17) is 5.73 Å². The summed E-state index contributed by atoms with van der Waals surface area (Å²) in [5.74, 6) is -3.52. The van der Waals surface area contributed by atoms with E-state index in [1.165, 1.54) is 18.2 Å². The second-order valence-electron chi connectivity index (χ2n) is 7.95. The van der Waals surface area contributed by atoms with Gasteiger partial charge in [-0.3, -0.25) is 24.5 Å². The van der Waals surface area contributed by atoms with E-state index in [9.17, 15) is 24.5 Å². The van der Waals surface area contributed by atoms with E-state index in [-0.39, 0.29) is 11.4 Å². The number of nitrogens with two attached hydrogens (primary N) is 1. The lowest BCUT2D eigenvalue weighted by atomic mass is 9.88. The summed E-state index contributed by atoms with van der Waals surface area (Å²) in [5, 5.41) is 11.2. The highest BCUT2D eigenvalue weighted by molar-refractivity contribution is 6.25. The van der Waals surface area contributed by atoms with Gasteiger partial charge in [0.15, 0.2) is 0 Å². The molecule has 9 nitrogen and oxygen atoms in total. The van der Waals surface area contributed by atoms with Crippen molar-refractivity contribution in [3.05, 3.63) is 69.8 Å². The Hall–Kier alpha value is -4.01. The Morgan fingerprint density at radius 3 is 2.48 bits per heavy atom. The van der Waals surface area contributed by atoms with Gasteiger partial charge in [0.25, 0.3) is 5.69 Å². The van der Waals surface area contributed by atoms with Gasteiger partial charge in [-0.05, 0) is 24.1 Å². The van der Waals surface area contributed by atoms with Crippen LogP contribution in [0, 0.1) is 28.9 Å². The number of hydrogen-bond donors (Lipinski definition) is 1. The number of nitro groups is 1. The van der Waals surface area contributed by atoms with Gasteiger partial charge in [-0.15, -0.1) is 0 Å². The van der Waals surface area contributed by atoms with Gasteiger partial charge in [-0.1, -0.05) is 36.4 Å². The van der Waals surface area contributed by atoms with Crippen LogP contribution in [0.2, 0.25) is 0 Å². The summed E-state index contributed by atoms with van der Waals surface area (Å²) in [5.41, 5.74) is 7.82. The fourth-order valence-electron chi connectivity index (χ4n) is 5.03. The third-order valence-electron chi connectivity index (χ3n) is 6.35. The first-order valence-corrected chi connectivity index (χ1v) is 9.79. The van der Waals surface area contributed by atoms with Crippen LogP contribution in [0.3, 0.4) is 0 Å². The highest BCUT2D eigenvalue weighted by Crippen LogP contribution is 2.49. The number of imide groups is 1. The summed E-state index contributed by atoms with van der Waals surface area (Å²) in [6.45, 7) is 1.67. The van der Waals surface area contributed by atoms with Crippen LogP contribution in [0.1, 0.15) is 11.1 Å². The summed E-state index contributed by atoms with van der Waals surface area (Å²) in [6, 6.07) is 9.92. The summed E-state index contributed by atoms with van der Waals surface area (Å²) in [6.07, 6.45) is 3.69. The van der Waals surface area contributed by atoms with Crippen molar-refractivity contribution < 1.29 is 19.3 Å². The number of primary amides is 1. The maximum atomic E-state index is 13.5. The Kier molecular flexibility index (Phi) is 3.98. The third kappa shape index (κ3) is 2.52. The van der Waals surface area contributed by atoms with Gasteiger partial charge in [0.05, 0.1) is 28.5 Å². The van der Waals surface area contributed by atoms with E-state index in [1.54, 1.807) is 11.8 Å². The predicted molar refractivity (Wildman–Crippen MR) is 112 cm³/mol. The molecule has 31 heavy (non-hydrogen) atoms. The molecule has 156 valence electrons. The van der Waals surface area contributed by atoms with Crippen molar-refractivity contribution in [2.45, 2.75) is 19.0 Å². The van der Waals surface area contributed by atoms with E-state index < -0.39 is 46.6 Å². The van der Waals surface area contributed by atoms with Crippen molar-refractivity contribution in [3.8, 4) is 0 Å². The lowest BCUT2D eigenvalue weighted by Gasteiger charge is -2.36. The van der Waals surface area contributed by atoms with Crippen LogP contribution in [0.25, 0.3) is 6.08 Å². The lowest BCUT2D eigenvalue weighted by molar-refractivity contribution is -0.384. The molecule has 2 aromatic carbocycles. The van der Waals surface area contributed by atoms with Crippen LogP contribution in [0.5, 0.6) is 0 Å². The summed E-state index contributed by atoms with van der Waals surface area (Å²) in [4.78, 5) is 52.9. The number of amides is 3. The van der Waals surface area contributed by atoms with E-state index in [0.29, 0.717) is 5.56 Å². The van der Waals surface area contributed by atoms with Crippen LogP contribution in [0.4, 0.5) is 17.1 Å². The van der Waals surface area contributed by atoms with Gasteiger partial charge in [0.1, 0.15) is 6.04 Å². The standard InChI is InChI=1S/C22H18N4O5/c1-11-6-8-13(26(30)31)10-16(11)25-21(28)17-15-9-7-12-4-2-3-5-14(12)24(15)19(20(23)27)18(17)22(25)29/h2-10,15,17-19H,1H3,(H2,23,27)/t15-,17-,18-,19-/m0/s1. The SMILES string of the molecule is Cc1ccc([N+](=O)[O-])cc1N1C(=O)[C@@H]2[C@H](C1=O)[C@@H](C(N)=O)N1c3ccccc3C=C[C@@H]21. The molecule has 4 atom stereocenters. The Morgan fingerprint density at radius 2 is 1.77 bits per heavy atom. The average Bonchev–Trinajstić information content (AvgIpc) is 3.22. The van der Waals surface area contributed by atoms with Crippen molar-refractivity contribution in [1.29, 1.82) is 0 Å². The number of carbonyl (C=O) groups excluding carboxylic acids is 3. The molecule has 3 aliphatic heterocycles. The topological polar surface area (TPSA) is 127 Å². The first kappa shape index (κ1) is 19.0. The van der Waals surface area contributed by atoms with Crippen LogP contribution in [-0.2, 0) is 14.4 Å². The molecule has 2 N–H and O–H groups in total. The number of para-hydroxylation sites is 1. The Morgan fingerprint density at radius 1 is 1.06 bits per heavy atom. The molecule has 0 aliphatic carbocycles. The molecule has 2 aromatic rings. The van der Waals surface area contributed by atoms with Crippen LogP contribution >= 0.6 is 0 Å². The van der Waals surface area contributed by atoms with Crippen molar-refractivity contribution in [3.63, 3.8) is 0 Å². The molecular weight excluding hydrogens is 400 g/mol. The zero-order chi connectivity index (χ0) is 22.0. The first-order chi connectivity index (χ1) is 14.8. The minimum atomic E-state index is -0.999. The van der Waals surface area contributed by atoms with Crippen molar-refractivity contribution in [1.82, 2.24) is 0 Å². The third-order valence-corrected chi connectivity index (χ3v) is 6.35. The minimum Gasteiger partial charge on any atom is -0.368 e. The monoisotopic (exact) mass is 418 g/mol. The van der Waals surface area contributed by atoms with Gasteiger partial charge in [0.2, 0.25) is 17.7 Å². The highest BCUT2D eigenvalue weighted by Gasteiger charge is 2.64. The van der Waals surface area contributed by atoms with Gasteiger partial charge >= 0.3 is 0 Å². The molecule has 3 heterocycles. The zero-order valence-electron chi connectivity index (χ0n) is 16.5. The number of nitro benzene ring substituents is 1. The number of rotatable bonds is 3. The molecule has 0 bridgehead atoms. The molecule has 3 amide bonds. The summed E-state index contributed by atoms with van der Waals surface area (Å²) in [7, 11) is 0. The first-order valence-electron chi connectivity index (χ1n) is 9.79. The largest absolute Gasteiger partial charge is 0.368 e. The van der Waals surface area contributed by atoms with Crippen LogP contribution in [-0.4, -0.2) is 34.7 Å². The van der Waals surface area contributed by atoms with Crippen molar-refractivity contribution in [2.24, 2.45) is 17.6 Å². The quantitative estimate of drug-likeness (QED) is 0.460. The number of non-ortho nitro benzene ring substituents is 1. The normalized spacial score (nSPS) is 26.0. The maximum absolute atomic E-state index is 13.5. The average molecular weight is 418 g/mol. The Bertz CT molecular complexity index is 1210. The number of hydrogen-bond acceptors (Lipinski definition) is 6. The number of aryl methyl sites for hydroxylation is 1. The molecule has 0 saturated carbocycles. The van der Waals surface area contributed by atoms with E-state index in [1.807, 2.05) is 36.4 Å². The second-order valence-corrected chi connectivity index (χ2v) is 7.95. The molecule has 0 spiro atoms. The molecule has 3 aliphatic rings. The van der Waals surface area contributed by atoms with Crippen molar-refractivity contribution >= 4 is 40.9 Å². The Balaban J connectivity index is 1.63. The molecule has 2 fully saturated rings. The van der Waals surface area contributed by atoms with Gasteiger partial charge < -0.3 is 10.6 Å². The van der Waals surface area contributed by atoms with E-state index in [0.717, 1.165) is 16.2 Å². The zero-order valence-corrected chi connectivity index (χ0v) is 16.5. The molecule has 2 saturated heterocycles. The molecule has 0 aromatic heterocycles. The lowest BCUT2D eigenvalue weighted by Crippen LogP contribution is -2.51. The van der Waals surface area contributed by atoms with E-state index >= 15 is 0 Å². The smallest absolute Gasteiger partial charge is 0.271 e. The minimum absolute atomic E-state index is 0.161. The molecular formula is C22H18N4O5. The summed E-state index contributed by atoms with van der Waals surface area (Å²) < 4.78 is 0. The van der Waals surface area contributed by atoms with Crippen LogP contribution in [0.15, 0.2) is 48.5 Å². The molecule has 0 unspecified atom stereocenters. The molecule has 9 heteroatoms. The fraction of sp³-hybridized carbons (Fsp3) is 0.227. The van der Waals surface area contributed by atoms with Crippen molar-refractivity contribution in [2.75, 3.05) is 9.80 Å². The maximum Gasteiger partial charge on any atom is 0.271 e. The van der Waals surface area contributed by atoms with Gasteiger partial charge in [-0.25, -0.2) is 4.90 Å². The number of anilines is 2. The molecule has 5 rings (SSSR count). The predicted octanol–water partition coefficient (Wildman–Crippen LogP) is 1.78. The van der Waals surface area contributed by atoms with Crippen LogP contribution < -0.4 is 15.5 Å². The number of fused-ring (bicyclic) bond motifs is 5. The highest BCUT2D eigenvalue weighted by atomic mass is 16.6. The number of carbonyl (C=O) groups is 3. The van der Waals surface area contributed by atoms with E-state index in [2.05, 4.69) is 0 Å². The number of nitrogens with zero attached hydrogens (tertiary/aromatic N) is 3. The Labute approximate surface area is 176 Å². The summed E-state index contributed by atoms with van der Waals surface area (Å²) >= 11 is 0. The van der Waals surface area contributed by atoms with Gasteiger partial charge in [-0.2, -0.15) is 0 Å². The molecule has 0 radical (unpaired) electrons. The number of benzene rings is 2. The fourth-order valence-corrected chi connectivity index (χ4v) is 5.03. The van der Waals surface area contributed by atoms with Gasteiger partial charge in [0, 0.05) is 17.8 Å². The second kappa shape index (κ2) is 6.49.